The summed E-state index contributed by atoms with van der Waals surface area (Å²) in [5.41, 5.74) is 14.9. The van der Waals surface area contributed by atoms with Crippen LogP contribution in [-0.4, -0.2) is 55.6 Å². The van der Waals surface area contributed by atoms with Crippen LogP contribution in [0.3, 0.4) is 0 Å². The molecule has 0 saturated carbocycles. The summed E-state index contributed by atoms with van der Waals surface area (Å²) in [6.45, 7) is -0.0365. The average Bonchev–Trinajstić information content (AvgIpc) is 3.49. The molecule has 2 aromatic carbocycles. The van der Waals surface area contributed by atoms with Crippen LogP contribution < -0.4 is 26.9 Å². The van der Waals surface area contributed by atoms with E-state index in [9.17, 15) is 14.7 Å². The molecule has 0 aliphatic heterocycles. The van der Waals surface area contributed by atoms with Crippen LogP contribution in [-0.2, 0) is 6.54 Å². The number of methoxy groups -OCH3 is 1. The van der Waals surface area contributed by atoms with Gasteiger partial charge < -0.3 is 26.6 Å². The van der Waals surface area contributed by atoms with Gasteiger partial charge in [-0.25, -0.2) is 10.1 Å². The standard InChI is InChI=1S/C21H20N10O5/c1-35-16-8-11(6-7-15(16)32)9-25-27-21(34)17-14(31(30-26-17)20-18(22)28-36-29-20)10-24-13-5-3-2-4-12(13)19(23)33/h2-9,24,32H,10H2,1H3,(H2,22,28)(H2,23,33)(H,27,34)/b25-9-. The highest BCUT2D eigenvalue weighted by Crippen LogP contribution is 2.25. The first-order chi connectivity index (χ1) is 17.4. The average molecular weight is 492 g/mol. The van der Waals surface area contributed by atoms with Gasteiger partial charge in [0.25, 0.3) is 11.8 Å². The van der Waals surface area contributed by atoms with E-state index in [2.05, 4.69) is 41.1 Å². The van der Waals surface area contributed by atoms with E-state index >= 15 is 0 Å². The van der Waals surface area contributed by atoms with Crippen molar-refractivity contribution >= 4 is 29.5 Å². The number of carbonyl (C=O) groups excluding carboxylic acids is 2. The first-order valence-corrected chi connectivity index (χ1v) is 10.2. The van der Waals surface area contributed by atoms with E-state index < -0.39 is 11.8 Å². The van der Waals surface area contributed by atoms with Crippen molar-refractivity contribution in [3.63, 3.8) is 0 Å². The Kier molecular flexibility index (Phi) is 6.71. The summed E-state index contributed by atoms with van der Waals surface area (Å²) in [6.07, 6.45) is 1.35. The van der Waals surface area contributed by atoms with Gasteiger partial charge in [-0.2, -0.15) is 9.78 Å². The minimum atomic E-state index is -0.696. The number of amides is 2. The van der Waals surface area contributed by atoms with Crippen molar-refractivity contribution in [1.82, 2.24) is 30.7 Å². The molecule has 7 N–H and O–H groups in total. The number of primary amides is 1. The predicted molar refractivity (Wildman–Crippen MR) is 126 cm³/mol. The highest BCUT2D eigenvalue weighted by molar-refractivity contribution is 5.98. The lowest BCUT2D eigenvalue weighted by molar-refractivity contribution is 0.0947. The second-order valence-electron chi connectivity index (χ2n) is 7.16. The number of rotatable bonds is 9. The Morgan fingerprint density at radius 2 is 2.06 bits per heavy atom. The van der Waals surface area contributed by atoms with Gasteiger partial charge in [-0.3, -0.25) is 9.59 Å². The molecule has 0 radical (unpaired) electrons. The quantitative estimate of drug-likeness (QED) is 0.159. The summed E-state index contributed by atoms with van der Waals surface area (Å²) in [6, 6.07) is 11.1. The molecule has 2 amide bonds. The minimum Gasteiger partial charge on any atom is -0.504 e. The number of para-hydroxylation sites is 1. The van der Waals surface area contributed by atoms with Gasteiger partial charge in [0.2, 0.25) is 11.6 Å². The van der Waals surface area contributed by atoms with Crippen molar-refractivity contribution in [2.24, 2.45) is 10.8 Å². The number of hydrogen-bond acceptors (Lipinski definition) is 12. The lowest BCUT2D eigenvalue weighted by Gasteiger charge is -2.11. The monoisotopic (exact) mass is 492 g/mol. The molecule has 0 aliphatic carbocycles. The number of aromatic hydroxyl groups is 1. The molecule has 0 bridgehead atoms. The van der Waals surface area contributed by atoms with Crippen molar-refractivity contribution < 1.29 is 24.1 Å². The molecule has 184 valence electrons. The number of nitrogen functional groups attached to an aromatic ring is 1. The summed E-state index contributed by atoms with van der Waals surface area (Å²) >= 11 is 0. The zero-order valence-electron chi connectivity index (χ0n) is 18.7. The van der Waals surface area contributed by atoms with Crippen molar-refractivity contribution in [3.8, 4) is 17.3 Å². The van der Waals surface area contributed by atoms with Crippen LogP contribution in [0.25, 0.3) is 5.82 Å². The Morgan fingerprint density at radius 3 is 2.78 bits per heavy atom. The highest BCUT2D eigenvalue weighted by Gasteiger charge is 2.24. The molecule has 15 heteroatoms. The number of phenols is 1. The number of ether oxygens (including phenoxy) is 1. The number of carbonyl (C=O) groups is 2. The summed E-state index contributed by atoms with van der Waals surface area (Å²) in [5.74, 6) is -1.18. The molecule has 0 aliphatic rings. The molecular formula is C21H20N10O5. The fraction of sp³-hybridized carbons (Fsp3) is 0.0952. The predicted octanol–water partition coefficient (Wildman–Crippen LogP) is 0.422. The number of benzene rings is 2. The van der Waals surface area contributed by atoms with Crippen molar-refractivity contribution in [1.29, 1.82) is 0 Å². The molecule has 2 aromatic heterocycles. The molecule has 4 aromatic rings. The van der Waals surface area contributed by atoms with Gasteiger partial charge in [0, 0.05) is 5.69 Å². The van der Waals surface area contributed by atoms with Crippen LogP contribution in [0.1, 0.15) is 32.1 Å². The van der Waals surface area contributed by atoms with Gasteiger partial charge in [-0.05, 0) is 46.2 Å². The molecule has 15 nitrogen and oxygen atoms in total. The highest BCUT2D eigenvalue weighted by atomic mass is 16.6. The van der Waals surface area contributed by atoms with Gasteiger partial charge in [-0.15, -0.1) is 5.10 Å². The van der Waals surface area contributed by atoms with Gasteiger partial charge >= 0.3 is 0 Å². The summed E-state index contributed by atoms with van der Waals surface area (Å²) < 4.78 is 10.9. The van der Waals surface area contributed by atoms with Gasteiger partial charge in [0.05, 0.1) is 31.1 Å². The zero-order chi connectivity index (χ0) is 25.7. The van der Waals surface area contributed by atoms with E-state index in [4.69, 9.17) is 16.2 Å². The fourth-order valence-electron chi connectivity index (χ4n) is 3.17. The van der Waals surface area contributed by atoms with Crippen LogP contribution in [0.15, 0.2) is 52.2 Å². The summed E-state index contributed by atoms with van der Waals surface area (Å²) in [4.78, 5) is 24.6. The first kappa shape index (κ1) is 23.7. The maximum atomic E-state index is 12.9. The smallest absolute Gasteiger partial charge is 0.293 e. The summed E-state index contributed by atoms with van der Waals surface area (Å²) in [7, 11) is 1.41. The topological polar surface area (TPSA) is 222 Å². The van der Waals surface area contributed by atoms with E-state index in [1.807, 2.05) is 0 Å². The van der Waals surface area contributed by atoms with Crippen LogP contribution >= 0.6 is 0 Å². The molecule has 0 fully saturated rings. The summed E-state index contributed by atoms with van der Waals surface area (Å²) in [5, 5.41) is 31.7. The normalized spacial score (nSPS) is 10.9. The Hall–Kier alpha value is -5.47. The molecule has 0 spiro atoms. The van der Waals surface area contributed by atoms with Gasteiger partial charge in [0.15, 0.2) is 17.2 Å². The molecular weight excluding hydrogens is 472 g/mol. The lowest BCUT2D eigenvalue weighted by atomic mass is 10.1. The van der Waals surface area contributed by atoms with E-state index in [0.717, 1.165) is 0 Å². The molecule has 0 saturated heterocycles. The van der Waals surface area contributed by atoms with Crippen molar-refractivity contribution in [2.75, 3.05) is 18.2 Å². The number of phenolic OH excluding ortho intramolecular Hbond substituents is 1. The minimum absolute atomic E-state index is 0.0150. The van der Waals surface area contributed by atoms with Crippen LogP contribution in [0.2, 0.25) is 0 Å². The third-order valence-electron chi connectivity index (χ3n) is 4.90. The number of anilines is 2. The second-order valence-corrected chi connectivity index (χ2v) is 7.16. The number of nitrogens with two attached hydrogens (primary N) is 2. The lowest BCUT2D eigenvalue weighted by Crippen LogP contribution is -2.22. The fourth-order valence-corrected chi connectivity index (χ4v) is 3.17. The largest absolute Gasteiger partial charge is 0.504 e. The third kappa shape index (κ3) is 4.89. The molecule has 4 rings (SSSR count). The maximum Gasteiger partial charge on any atom is 0.293 e. The van der Waals surface area contributed by atoms with E-state index in [-0.39, 0.29) is 46.6 Å². The van der Waals surface area contributed by atoms with E-state index in [1.54, 1.807) is 30.3 Å². The van der Waals surface area contributed by atoms with Gasteiger partial charge in [0.1, 0.15) is 0 Å². The van der Waals surface area contributed by atoms with Crippen molar-refractivity contribution in [3.05, 3.63) is 65.0 Å². The third-order valence-corrected chi connectivity index (χ3v) is 4.90. The Bertz CT molecular complexity index is 1440. The van der Waals surface area contributed by atoms with E-state index in [0.29, 0.717) is 11.3 Å². The Morgan fingerprint density at radius 1 is 1.25 bits per heavy atom. The number of hydrogen-bond donors (Lipinski definition) is 5. The van der Waals surface area contributed by atoms with Gasteiger partial charge in [-0.1, -0.05) is 17.3 Å². The molecule has 0 unspecified atom stereocenters. The number of aromatic nitrogens is 5. The number of nitrogens with zero attached hydrogens (tertiary/aromatic N) is 6. The molecule has 0 atom stereocenters. The second kappa shape index (κ2) is 10.2. The van der Waals surface area contributed by atoms with Crippen LogP contribution in [0, 0.1) is 0 Å². The zero-order valence-corrected chi connectivity index (χ0v) is 18.7. The van der Waals surface area contributed by atoms with Crippen LogP contribution in [0.4, 0.5) is 11.5 Å². The van der Waals surface area contributed by atoms with E-state index in [1.165, 1.54) is 30.1 Å². The number of nitrogens with one attached hydrogen (secondary N) is 2. The molecule has 2 heterocycles. The number of hydrazone groups is 1. The molecule has 36 heavy (non-hydrogen) atoms. The first-order valence-electron chi connectivity index (χ1n) is 10.2. The van der Waals surface area contributed by atoms with Crippen molar-refractivity contribution in [2.45, 2.75) is 6.54 Å². The Balaban J connectivity index is 1.60. The maximum absolute atomic E-state index is 12.9. The SMILES string of the molecule is COc1cc(/C=N\NC(=O)c2nnn(-c3nonc3N)c2CNc2ccccc2C(N)=O)ccc1O. The Labute approximate surface area is 202 Å². The van der Waals surface area contributed by atoms with Crippen LogP contribution in [0.5, 0.6) is 11.5 Å².